The molecule has 0 radical (unpaired) electrons. The zero-order chi connectivity index (χ0) is 19.2. The number of carboxylic acids is 1. The molecule has 2 aromatic carbocycles. The Bertz CT molecular complexity index is 969. The van der Waals surface area contributed by atoms with Gasteiger partial charge in [-0.05, 0) is 55.5 Å². The monoisotopic (exact) mass is 363 g/mol. The number of benzene rings is 2. The molecule has 0 aliphatic carbocycles. The fourth-order valence-corrected chi connectivity index (χ4v) is 2.39. The van der Waals surface area contributed by atoms with E-state index in [1.54, 1.807) is 55.6 Å². The summed E-state index contributed by atoms with van der Waals surface area (Å²) in [6.45, 7) is 2.10. The summed E-state index contributed by atoms with van der Waals surface area (Å²) in [5.74, 6) is -0.129. The van der Waals surface area contributed by atoms with Crippen LogP contribution in [0.3, 0.4) is 0 Å². The molecular weight excluding hydrogens is 346 g/mol. The van der Waals surface area contributed by atoms with Crippen molar-refractivity contribution in [3.05, 3.63) is 77.6 Å². The molecule has 27 heavy (non-hydrogen) atoms. The van der Waals surface area contributed by atoms with Crippen LogP contribution in [0.15, 0.2) is 70.1 Å². The number of hydrogen-bond acceptors (Lipinski definition) is 5. The van der Waals surface area contributed by atoms with Crippen molar-refractivity contribution in [2.75, 3.05) is 6.61 Å². The summed E-state index contributed by atoms with van der Waals surface area (Å²) in [5, 5.41) is 8.89. The highest BCUT2D eigenvalue weighted by Crippen LogP contribution is 2.23. The second kappa shape index (κ2) is 8.14. The molecule has 0 saturated heterocycles. The maximum atomic E-state index is 11.7. The molecule has 1 heterocycles. The first-order chi connectivity index (χ1) is 13.1. The lowest BCUT2D eigenvalue weighted by molar-refractivity contribution is 0.0526. The van der Waals surface area contributed by atoms with Crippen molar-refractivity contribution in [3.8, 4) is 11.3 Å². The minimum Gasteiger partial charge on any atom is -0.478 e. The second-order valence-electron chi connectivity index (χ2n) is 5.61. The molecular formula is C21H17NO5. The number of nitrogens with zero attached hydrogens (tertiary/aromatic N) is 1. The quantitative estimate of drug-likeness (QED) is 0.512. The second-order valence-corrected chi connectivity index (χ2v) is 5.61. The number of carbonyl (C=O) groups is 2. The standard InChI is InChI=1S/C21H17NO5/c1-2-26-21(25)16-5-3-14(4-6-16)19-12-11-18(27-19)13-22-17-9-7-15(8-10-17)20(23)24/h3-13H,2H2,1H3,(H,23,24). The van der Waals surface area contributed by atoms with Gasteiger partial charge in [-0.2, -0.15) is 0 Å². The molecule has 3 aromatic rings. The Kier molecular flexibility index (Phi) is 5.47. The maximum Gasteiger partial charge on any atom is 0.338 e. The van der Waals surface area contributed by atoms with Gasteiger partial charge in [-0.15, -0.1) is 0 Å². The molecule has 6 nitrogen and oxygen atoms in total. The summed E-state index contributed by atoms with van der Waals surface area (Å²) >= 11 is 0. The van der Waals surface area contributed by atoms with Crippen LogP contribution in [0.2, 0.25) is 0 Å². The SMILES string of the molecule is CCOC(=O)c1ccc(-c2ccc(C=Nc3ccc(C(=O)O)cc3)o2)cc1. The Morgan fingerprint density at radius 1 is 1.00 bits per heavy atom. The predicted octanol–water partition coefficient (Wildman–Crippen LogP) is 4.57. The number of aliphatic imine (C=N–C) groups is 1. The van der Waals surface area contributed by atoms with E-state index >= 15 is 0 Å². The van der Waals surface area contributed by atoms with Crippen molar-refractivity contribution >= 4 is 23.8 Å². The van der Waals surface area contributed by atoms with Crippen LogP contribution in [0.5, 0.6) is 0 Å². The van der Waals surface area contributed by atoms with Crippen molar-refractivity contribution in [1.29, 1.82) is 0 Å². The topological polar surface area (TPSA) is 89.1 Å². The zero-order valence-electron chi connectivity index (χ0n) is 14.6. The van der Waals surface area contributed by atoms with E-state index in [0.29, 0.717) is 29.4 Å². The average molecular weight is 363 g/mol. The molecule has 0 atom stereocenters. The number of ether oxygens (including phenoxy) is 1. The predicted molar refractivity (Wildman–Crippen MR) is 101 cm³/mol. The van der Waals surface area contributed by atoms with Crippen LogP contribution >= 0.6 is 0 Å². The summed E-state index contributed by atoms with van der Waals surface area (Å²) in [6.07, 6.45) is 1.56. The number of esters is 1. The fraction of sp³-hybridized carbons (Fsp3) is 0.0952. The molecule has 0 unspecified atom stereocenters. The molecule has 1 N–H and O–H groups in total. The van der Waals surface area contributed by atoms with Gasteiger partial charge in [-0.3, -0.25) is 4.99 Å². The van der Waals surface area contributed by atoms with Gasteiger partial charge in [0.25, 0.3) is 0 Å². The van der Waals surface area contributed by atoms with E-state index in [0.717, 1.165) is 5.56 Å². The maximum absolute atomic E-state index is 11.7. The third-order valence-electron chi connectivity index (χ3n) is 3.76. The van der Waals surface area contributed by atoms with Crippen LogP contribution in [0.25, 0.3) is 11.3 Å². The van der Waals surface area contributed by atoms with E-state index in [1.165, 1.54) is 12.1 Å². The van der Waals surface area contributed by atoms with Crippen molar-refractivity contribution in [3.63, 3.8) is 0 Å². The molecule has 6 heteroatoms. The minimum absolute atomic E-state index is 0.209. The van der Waals surface area contributed by atoms with E-state index in [9.17, 15) is 9.59 Å². The van der Waals surface area contributed by atoms with Crippen LogP contribution in [-0.2, 0) is 4.74 Å². The van der Waals surface area contributed by atoms with Crippen molar-refractivity contribution in [2.24, 2.45) is 4.99 Å². The van der Waals surface area contributed by atoms with Gasteiger partial charge in [0, 0.05) is 5.56 Å². The van der Waals surface area contributed by atoms with Gasteiger partial charge < -0.3 is 14.3 Å². The molecule has 136 valence electrons. The normalized spacial score (nSPS) is 10.9. The van der Waals surface area contributed by atoms with Gasteiger partial charge in [0.1, 0.15) is 11.5 Å². The smallest absolute Gasteiger partial charge is 0.338 e. The number of aromatic carboxylic acids is 1. The Morgan fingerprint density at radius 3 is 2.30 bits per heavy atom. The summed E-state index contributed by atoms with van der Waals surface area (Å²) in [4.78, 5) is 26.8. The van der Waals surface area contributed by atoms with Crippen molar-refractivity contribution < 1.29 is 23.8 Å². The minimum atomic E-state index is -0.977. The van der Waals surface area contributed by atoms with Gasteiger partial charge in [-0.25, -0.2) is 9.59 Å². The summed E-state index contributed by atoms with van der Waals surface area (Å²) in [5.41, 5.74) is 2.14. The number of carbonyl (C=O) groups excluding carboxylic acids is 1. The van der Waals surface area contributed by atoms with Gasteiger partial charge in [-0.1, -0.05) is 12.1 Å². The first-order valence-electron chi connectivity index (χ1n) is 8.31. The van der Waals surface area contributed by atoms with E-state index in [4.69, 9.17) is 14.3 Å². The summed E-state index contributed by atoms with van der Waals surface area (Å²) in [6, 6.07) is 16.8. The highest BCUT2D eigenvalue weighted by Gasteiger charge is 2.08. The van der Waals surface area contributed by atoms with Crippen molar-refractivity contribution in [2.45, 2.75) is 6.92 Å². The van der Waals surface area contributed by atoms with Gasteiger partial charge in [0.2, 0.25) is 0 Å². The largest absolute Gasteiger partial charge is 0.478 e. The molecule has 1 aromatic heterocycles. The Balaban J connectivity index is 1.70. The first kappa shape index (κ1) is 18.1. The van der Waals surface area contributed by atoms with E-state index in [1.807, 2.05) is 6.07 Å². The average Bonchev–Trinajstić information content (AvgIpc) is 3.16. The van der Waals surface area contributed by atoms with Crippen LogP contribution < -0.4 is 0 Å². The number of rotatable bonds is 6. The third kappa shape index (κ3) is 4.49. The third-order valence-corrected chi connectivity index (χ3v) is 3.76. The number of hydrogen-bond donors (Lipinski definition) is 1. The number of carboxylic acid groups (broad SMARTS) is 1. The first-order valence-corrected chi connectivity index (χ1v) is 8.31. The van der Waals surface area contributed by atoms with Crippen molar-refractivity contribution in [1.82, 2.24) is 0 Å². The van der Waals surface area contributed by atoms with E-state index in [-0.39, 0.29) is 11.5 Å². The fourth-order valence-electron chi connectivity index (χ4n) is 2.39. The van der Waals surface area contributed by atoms with Crippen LogP contribution in [-0.4, -0.2) is 29.9 Å². The summed E-state index contributed by atoms with van der Waals surface area (Å²) < 4.78 is 10.7. The molecule has 0 spiro atoms. The Hall–Kier alpha value is -3.67. The highest BCUT2D eigenvalue weighted by atomic mass is 16.5. The molecule has 0 aliphatic rings. The summed E-state index contributed by atoms with van der Waals surface area (Å²) in [7, 11) is 0. The van der Waals surface area contributed by atoms with Crippen LogP contribution in [0.4, 0.5) is 5.69 Å². The molecule has 0 aliphatic heterocycles. The highest BCUT2D eigenvalue weighted by molar-refractivity contribution is 5.90. The molecule has 0 bridgehead atoms. The van der Waals surface area contributed by atoms with Gasteiger partial charge in [0.05, 0.1) is 29.6 Å². The lowest BCUT2D eigenvalue weighted by Gasteiger charge is -2.02. The van der Waals surface area contributed by atoms with Gasteiger partial charge >= 0.3 is 11.9 Å². The lowest BCUT2D eigenvalue weighted by atomic mass is 10.1. The molecule has 0 amide bonds. The van der Waals surface area contributed by atoms with Crippen LogP contribution in [0, 0.1) is 0 Å². The lowest BCUT2D eigenvalue weighted by Crippen LogP contribution is -2.03. The Labute approximate surface area is 155 Å². The molecule has 3 rings (SSSR count). The Morgan fingerprint density at radius 2 is 1.67 bits per heavy atom. The number of furan rings is 1. The molecule has 0 fully saturated rings. The van der Waals surface area contributed by atoms with E-state index in [2.05, 4.69) is 4.99 Å². The van der Waals surface area contributed by atoms with Crippen LogP contribution in [0.1, 0.15) is 33.4 Å². The van der Waals surface area contributed by atoms with E-state index < -0.39 is 5.97 Å². The van der Waals surface area contributed by atoms with Gasteiger partial charge in [0.15, 0.2) is 0 Å². The zero-order valence-corrected chi connectivity index (χ0v) is 14.6. The molecule has 0 saturated carbocycles.